The maximum atomic E-state index is 12.3. The van der Waals surface area contributed by atoms with Gasteiger partial charge in [-0.2, -0.15) is 0 Å². The largest absolute Gasteiger partial charge is 0.308 e. The molecule has 0 aliphatic heterocycles. The molecule has 6 nitrogen and oxygen atoms in total. The number of benzene rings is 1. The van der Waals surface area contributed by atoms with Crippen molar-refractivity contribution in [3.05, 3.63) is 50.8 Å². The molecule has 2 atom stereocenters. The molecule has 0 aliphatic rings. The Morgan fingerprint density at radius 3 is 2.74 bits per heavy atom. The Bertz CT molecular complexity index is 715. The summed E-state index contributed by atoms with van der Waals surface area (Å²) in [5, 5.41) is 3.64. The molecule has 6 heteroatoms. The van der Waals surface area contributed by atoms with Crippen LogP contribution in [0.2, 0.25) is 0 Å². The van der Waals surface area contributed by atoms with Crippen LogP contribution in [0.4, 0.5) is 0 Å². The highest BCUT2D eigenvalue weighted by Gasteiger charge is 2.19. The zero-order valence-corrected chi connectivity index (χ0v) is 11.1. The third kappa shape index (κ3) is 2.30. The van der Waals surface area contributed by atoms with Gasteiger partial charge in [0.15, 0.2) is 0 Å². The summed E-state index contributed by atoms with van der Waals surface area (Å²) < 4.78 is 1.58. The lowest BCUT2D eigenvalue weighted by atomic mass is 10.0. The number of hydrogen-bond acceptors (Lipinski definition) is 3. The van der Waals surface area contributed by atoms with Gasteiger partial charge in [-0.15, -0.1) is 0 Å². The molecule has 19 heavy (non-hydrogen) atoms. The summed E-state index contributed by atoms with van der Waals surface area (Å²) >= 11 is 0. The smallest absolute Gasteiger partial charge is 0.272 e. The van der Waals surface area contributed by atoms with E-state index in [1.807, 2.05) is 31.2 Å². The van der Waals surface area contributed by atoms with Crippen molar-refractivity contribution >= 4 is 11.0 Å². The number of fused-ring (bicyclic) bond motifs is 1. The van der Waals surface area contributed by atoms with Crippen LogP contribution in [-0.4, -0.2) is 15.6 Å². The summed E-state index contributed by atoms with van der Waals surface area (Å²) in [4.78, 5) is 19.5. The third-order valence-corrected chi connectivity index (χ3v) is 3.40. The van der Waals surface area contributed by atoms with E-state index in [4.69, 9.17) is 5.53 Å². The van der Waals surface area contributed by atoms with Crippen molar-refractivity contribution in [1.29, 1.82) is 0 Å². The summed E-state index contributed by atoms with van der Waals surface area (Å²) in [6, 6.07) is 7.16. The van der Waals surface area contributed by atoms with Gasteiger partial charge in [0, 0.05) is 23.9 Å². The number of aromatic nitrogens is 2. The first-order valence-electron chi connectivity index (χ1n) is 6.06. The number of nitrogens with zero attached hydrogens (tertiary/aromatic N) is 5. The van der Waals surface area contributed by atoms with Gasteiger partial charge in [0.25, 0.3) is 5.56 Å². The van der Waals surface area contributed by atoms with E-state index in [0.717, 1.165) is 11.0 Å². The first kappa shape index (κ1) is 13.1. The molecule has 0 spiro atoms. The second-order valence-electron chi connectivity index (χ2n) is 4.58. The molecule has 0 N–H and O–H groups in total. The van der Waals surface area contributed by atoms with Crippen LogP contribution >= 0.6 is 0 Å². The predicted octanol–water partition coefficient (Wildman–Crippen LogP) is 2.74. The highest BCUT2D eigenvalue weighted by atomic mass is 16.1. The maximum Gasteiger partial charge on any atom is 0.272 e. The van der Waals surface area contributed by atoms with E-state index in [1.54, 1.807) is 18.5 Å². The molecule has 2 aromatic rings. The van der Waals surface area contributed by atoms with E-state index in [-0.39, 0.29) is 17.5 Å². The van der Waals surface area contributed by atoms with Crippen molar-refractivity contribution in [3.63, 3.8) is 0 Å². The van der Waals surface area contributed by atoms with Gasteiger partial charge in [0.1, 0.15) is 5.69 Å². The average Bonchev–Trinajstić information content (AvgIpc) is 2.42. The summed E-state index contributed by atoms with van der Waals surface area (Å²) in [7, 11) is 1.72. The van der Waals surface area contributed by atoms with E-state index in [2.05, 4.69) is 15.0 Å². The number of azide groups is 1. The van der Waals surface area contributed by atoms with Crippen LogP contribution < -0.4 is 5.56 Å². The fourth-order valence-corrected chi connectivity index (χ4v) is 2.01. The van der Waals surface area contributed by atoms with Crippen molar-refractivity contribution in [2.75, 3.05) is 0 Å². The second-order valence-corrected chi connectivity index (χ2v) is 4.58. The lowest BCUT2D eigenvalue weighted by Crippen LogP contribution is -2.27. The van der Waals surface area contributed by atoms with Gasteiger partial charge in [-0.05, 0) is 17.7 Å². The number of para-hydroxylation sites is 2. The minimum absolute atomic E-state index is 0.147. The van der Waals surface area contributed by atoms with Gasteiger partial charge in [-0.1, -0.05) is 31.1 Å². The van der Waals surface area contributed by atoms with E-state index >= 15 is 0 Å². The van der Waals surface area contributed by atoms with Gasteiger partial charge in [-0.3, -0.25) is 4.79 Å². The van der Waals surface area contributed by atoms with E-state index in [9.17, 15) is 4.79 Å². The predicted molar refractivity (Wildman–Crippen MR) is 74.0 cm³/mol. The average molecular weight is 257 g/mol. The lowest BCUT2D eigenvalue weighted by Gasteiger charge is -2.16. The van der Waals surface area contributed by atoms with Gasteiger partial charge in [0.05, 0.1) is 11.0 Å². The Morgan fingerprint density at radius 2 is 2.05 bits per heavy atom. The first-order valence-corrected chi connectivity index (χ1v) is 6.06. The van der Waals surface area contributed by atoms with Gasteiger partial charge in [-0.25, -0.2) is 4.98 Å². The molecule has 1 heterocycles. The SMILES string of the molecule is C[C@H](N=[N+]=[N-])[C@@H](C)c1nc2ccccc2n(C)c1=O. The molecule has 0 saturated carbocycles. The third-order valence-electron chi connectivity index (χ3n) is 3.40. The molecule has 0 unspecified atom stereocenters. The van der Waals surface area contributed by atoms with Crippen LogP contribution in [-0.2, 0) is 7.05 Å². The minimum atomic E-state index is -0.314. The Morgan fingerprint density at radius 1 is 1.37 bits per heavy atom. The molecule has 0 fully saturated rings. The van der Waals surface area contributed by atoms with Gasteiger partial charge < -0.3 is 4.57 Å². The topological polar surface area (TPSA) is 83.7 Å². The molecule has 0 amide bonds. The summed E-state index contributed by atoms with van der Waals surface area (Å²) in [5.74, 6) is -0.223. The quantitative estimate of drug-likeness (QED) is 0.481. The molecular weight excluding hydrogens is 242 g/mol. The van der Waals surface area contributed by atoms with E-state index in [0.29, 0.717) is 5.69 Å². The van der Waals surface area contributed by atoms with Crippen LogP contribution in [0.3, 0.4) is 0 Å². The Balaban J connectivity index is 2.65. The normalized spacial score (nSPS) is 13.8. The summed E-state index contributed by atoms with van der Waals surface area (Å²) in [5.41, 5.74) is 10.3. The molecule has 0 saturated heterocycles. The van der Waals surface area contributed by atoms with Crippen molar-refractivity contribution in [1.82, 2.24) is 9.55 Å². The zero-order valence-electron chi connectivity index (χ0n) is 11.1. The van der Waals surface area contributed by atoms with Crippen LogP contribution in [0.5, 0.6) is 0 Å². The standard InChI is InChI=1S/C13H15N5O/c1-8(9(2)16-17-14)12-13(19)18(3)11-7-5-4-6-10(11)15-12/h4-9H,1-3H3/t8-,9+/m1/s1. The van der Waals surface area contributed by atoms with Crippen LogP contribution in [0, 0.1) is 0 Å². The highest BCUT2D eigenvalue weighted by molar-refractivity contribution is 5.74. The van der Waals surface area contributed by atoms with E-state index < -0.39 is 0 Å². The molecule has 0 bridgehead atoms. The Hall–Kier alpha value is -2.33. The maximum absolute atomic E-state index is 12.3. The summed E-state index contributed by atoms with van der Waals surface area (Å²) in [6.07, 6.45) is 0. The zero-order chi connectivity index (χ0) is 14.0. The van der Waals surface area contributed by atoms with Gasteiger partial charge in [0.2, 0.25) is 0 Å². The molecule has 1 aromatic heterocycles. The first-order chi connectivity index (χ1) is 9.06. The molecule has 2 rings (SSSR count). The monoisotopic (exact) mass is 257 g/mol. The van der Waals surface area contributed by atoms with Crippen LogP contribution in [0.1, 0.15) is 25.5 Å². The van der Waals surface area contributed by atoms with Crippen molar-refractivity contribution in [3.8, 4) is 0 Å². The number of aryl methyl sites for hydroxylation is 1. The lowest BCUT2D eigenvalue weighted by molar-refractivity contribution is 0.585. The second kappa shape index (κ2) is 5.12. The van der Waals surface area contributed by atoms with Crippen LogP contribution in [0.15, 0.2) is 34.2 Å². The fraction of sp³-hybridized carbons (Fsp3) is 0.385. The highest BCUT2D eigenvalue weighted by Crippen LogP contribution is 2.19. The molecular formula is C13H15N5O. The Kier molecular flexibility index (Phi) is 3.53. The Labute approximate surface area is 110 Å². The van der Waals surface area contributed by atoms with Crippen molar-refractivity contribution in [2.24, 2.45) is 12.2 Å². The van der Waals surface area contributed by atoms with E-state index in [1.165, 1.54) is 0 Å². The number of rotatable bonds is 3. The molecule has 0 radical (unpaired) electrons. The summed E-state index contributed by atoms with van der Waals surface area (Å²) in [6.45, 7) is 3.62. The van der Waals surface area contributed by atoms with Crippen molar-refractivity contribution < 1.29 is 0 Å². The molecule has 1 aromatic carbocycles. The minimum Gasteiger partial charge on any atom is -0.308 e. The van der Waals surface area contributed by atoms with Crippen LogP contribution in [0.25, 0.3) is 21.5 Å². The number of hydrogen-bond donors (Lipinski definition) is 0. The van der Waals surface area contributed by atoms with Gasteiger partial charge >= 0.3 is 0 Å². The van der Waals surface area contributed by atoms with Crippen molar-refractivity contribution in [2.45, 2.75) is 25.8 Å². The molecule has 0 aliphatic carbocycles. The molecule has 98 valence electrons. The fourth-order valence-electron chi connectivity index (χ4n) is 2.01.